The number of methoxy groups -OCH3 is 1. The molecular weight excluding hydrogens is 276 g/mol. The van der Waals surface area contributed by atoms with Crippen molar-refractivity contribution in [2.24, 2.45) is 0 Å². The van der Waals surface area contributed by atoms with Crippen LogP contribution < -0.4 is 4.74 Å². The molecule has 0 aliphatic rings. The van der Waals surface area contributed by atoms with Crippen LogP contribution in [-0.4, -0.2) is 33.0 Å². The zero-order chi connectivity index (χ0) is 14.5. The molecule has 5 nitrogen and oxygen atoms in total. The van der Waals surface area contributed by atoms with Crippen LogP contribution >= 0.6 is 11.6 Å². The second kappa shape index (κ2) is 6.70. The molecule has 0 amide bonds. The minimum absolute atomic E-state index is 0.594. The topological polar surface area (TPSA) is 52.8 Å². The molecule has 6 heteroatoms. The summed E-state index contributed by atoms with van der Waals surface area (Å²) in [6.07, 6.45) is 5.54. The van der Waals surface area contributed by atoms with Gasteiger partial charge in [-0.25, -0.2) is 4.68 Å². The predicted octanol–water partition coefficient (Wildman–Crippen LogP) is 2.52. The minimum Gasteiger partial charge on any atom is -0.496 e. The van der Waals surface area contributed by atoms with E-state index in [4.69, 9.17) is 16.3 Å². The van der Waals surface area contributed by atoms with Crippen LogP contribution in [0.3, 0.4) is 0 Å². The number of aromatic nitrogens is 4. The Balaban J connectivity index is 2.15. The average molecular weight is 295 g/mol. The number of alkyl halides is 1. The molecular formula is C14H19ClN4O. The van der Waals surface area contributed by atoms with Gasteiger partial charge in [0.2, 0.25) is 0 Å². The number of hydrogen-bond donors (Lipinski definition) is 0. The molecule has 0 spiro atoms. The standard InChI is InChI=1S/C14H19ClN4O/c1-10-7-16-13(11(2)14(10)20-3)9-19-8-12(17-18-19)5-4-6-15/h7-8H,4-6,9H2,1-3H3. The lowest BCUT2D eigenvalue weighted by Gasteiger charge is -2.11. The van der Waals surface area contributed by atoms with Crippen molar-refractivity contribution in [3.05, 3.63) is 34.9 Å². The highest BCUT2D eigenvalue weighted by atomic mass is 35.5. The number of aryl methyl sites for hydroxylation is 2. The zero-order valence-corrected chi connectivity index (χ0v) is 12.8. The first-order chi connectivity index (χ1) is 9.65. The fourth-order valence-electron chi connectivity index (χ4n) is 2.16. The van der Waals surface area contributed by atoms with Crippen molar-refractivity contribution in [2.45, 2.75) is 33.2 Å². The molecule has 0 atom stereocenters. The molecule has 2 heterocycles. The Morgan fingerprint density at radius 2 is 2.15 bits per heavy atom. The van der Waals surface area contributed by atoms with Crippen molar-refractivity contribution in [3.63, 3.8) is 0 Å². The number of rotatable bonds is 6. The Morgan fingerprint density at radius 3 is 2.85 bits per heavy atom. The van der Waals surface area contributed by atoms with Gasteiger partial charge in [0.15, 0.2) is 0 Å². The molecule has 108 valence electrons. The van der Waals surface area contributed by atoms with Crippen LogP contribution in [0.15, 0.2) is 12.4 Å². The van der Waals surface area contributed by atoms with Crippen molar-refractivity contribution >= 4 is 11.6 Å². The van der Waals surface area contributed by atoms with Crippen LogP contribution in [-0.2, 0) is 13.0 Å². The molecule has 2 aromatic heterocycles. The first kappa shape index (κ1) is 14.8. The van der Waals surface area contributed by atoms with E-state index in [-0.39, 0.29) is 0 Å². The second-order valence-electron chi connectivity index (χ2n) is 4.75. The number of pyridine rings is 1. The highest BCUT2D eigenvalue weighted by Gasteiger charge is 2.10. The SMILES string of the molecule is COc1c(C)cnc(Cn2cc(CCCCl)nn2)c1C. The number of hydrogen-bond acceptors (Lipinski definition) is 4. The molecule has 0 aliphatic heterocycles. The van der Waals surface area contributed by atoms with E-state index in [1.54, 1.807) is 11.8 Å². The highest BCUT2D eigenvalue weighted by molar-refractivity contribution is 6.17. The van der Waals surface area contributed by atoms with Gasteiger partial charge in [-0.15, -0.1) is 16.7 Å². The van der Waals surface area contributed by atoms with Crippen molar-refractivity contribution in [1.29, 1.82) is 0 Å². The summed E-state index contributed by atoms with van der Waals surface area (Å²) in [5, 5.41) is 8.26. The van der Waals surface area contributed by atoms with E-state index in [0.717, 1.165) is 41.1 Å². The van der Waals surface area contributed by atoms with Crippen LogP contribution in [0.4, 0.5) is 0 Å². The van der Waals surface area contributed by atoms with Gasteiger partial charge in [-0.3, -0.25) is 4.98 Å². The Bertz CT molecular complexity index is 583. The molecule has 0 radical (unpaired) electrons. The molecule has 0 unspecified atom stereocenters. The van der Waals surface area contributed by atoms with Gasteiger partial charge >= 0.3 is 0 Å². The van der Waals surface area contributed by atoms with Crippen LogP contribution in [0.2, 0.25) is 0 Å². The van der Waals surface area contributed by atoms with Gasteiger partial charge < -0.3 is 4.74 Å². The average Bonchev–Trinajstić information content (AvgIpc) is 2.88. The van der Waals surface area contributed by atoms with E-state index in [0.29, 0.717) is 12.4 Å². The summed E-state index contributed by atoms with van der Waals surface area (Å²) in [4.78, 5) is 4.46. The molecule has 2 rings (SSSR count). The van der Waals surface area contributed by atoms with Gasteiger partial charge in [-0.2, -0.15) is 0 Å². The molecule has 0 aromatic carbocycles. The lowest BCUT2D eigenvalue weighted by Crippen LogP contribution is -2.06. The number of ether oxygens (including phenoxy) is 1. The summed E-state index contributed by atoms with van der Waals surface area (Å²) < 4.78 is 7.21. The fourth-order valence-corrected chi connectivity index (χ4v) is 2.30. The van der Waals surface area contributed by atoms with E-state index in [2.05, 4.69) is 15.3 Å². The van der Waals surface area contributed by atoms with Gasteiger partial charge in [-0.05, 0) is 26.7 Å². The van der Waals surface area contributed by atoms with Gasteiger partial charge in [-0.1, -0.05) is 5.21 Å². The van der Waals surface area contributed by atoms with E-state index >= 15 is 0 Å². The van der Waals surface area contributed by atoms with Gasteiger partial charge in [0.05, 0.1) is 25.0 Å². The lowest BCUT2D eigenvalue weighted by atomic mass is 10.1. The normalized spacial score (nSPS) is 10.8. The lowest BCUT2D eigenvalue weighted by molar-refractivity contribution is 0.406. The van der Waals surface area contributed by atoms with Gasteiger partial charge in [0.25, 0.3) is 0 Å². The zero-order valence-electron chi connectivity index (χ0n) is 12.1. The molecule has 0 saturated carbocycles. The Morgan fingerprint density at radius 1 is 1.35 bits per heavy atom. The second-order valence-corrected chi connectivity index (χ2v) is 5.12. The summed E-state index contributed by atoms with van der Waals surface area (Å²) in [6, 6.07) is 0. The van der Waals surface area contributed by atoms with E-state index in [1.165, 1.54) is 0 Å². The van der Waals surface area contributed by atoms with E-state index in [1.807, 2.05) is 26.2 Å². The van der Waals surface area contributed by atoms with Crippen LogP contribution in [0.1, 0.15) is 28.9 Å². The third kappa shape index (κ3) is 3.28. The molecule has 0 aliphatic carbocycles. The van der Waals surface area contributed by atoms with Crippen LogP contribution in [0.25, 0.3) is 0 Å². The van der Waals surface area contributed by atoms with Crippen LogP contribution in [0, 0.1) is 13.8 Å². The summed E-state index contributed by atoms with van der Waals surface area (Å²) in [6.45, 7) is 4.60. The monoisotopic (exact) mass is 294 g/mol. The maximum Gasteiger partial charge on any atom is 0.128 e. The smallest absolute Gasteiger partial charge is 0.128 e. The Labute approximate surface area is 123 Å². The maximum absolute atomic E-state index is 5.68. The predicted molar refractivity (Wildman–Crippen MR) is 78.4 cm³/mol. The number of nitrogens with zero attached hydrogens (tertiary/aromatic N) is 4. The fraction of sp³-hybridized carbons (Fsp3) is 0.500. The molecule has 0 bridgehead atoms. The van der Waals surface area contributed by atoms with Crippen LogP contribution in [0.5, 0.6) is 5.75 Å². The van der Waals surface area contributed by atoms with Crippen molar-refractivity contribution in [2.75, 3.05) is 13.0 Å². The third-order valence-electron chi connectivity index (χ3n) is 3.21. The maximum atomic E-state index is 5.68. The van der Waals surface area contributed by atoms with E-state index in [9.17, 15) is 0 Å². The first-order valence-electron chi connectivity index (χ1n) is 6.59. The molecule has 0 fully saturated rings. The summed E-state index contributed by atoms with van der Waals surface area (Å²) in [5.41, 5.74) is 3.99. The van der Waals surface area contributed by atoms with Crippen molar-refractivity contribution in [1.82, 2.24) is 20.0 Å². The summed E-state index contributed by atoms with van der Waals surface area (Å²) in [7, 11) is 1.68. The first-order valence-corrected chi connectivity index (χ1v) is 7.13. The van der Waals surface area contributed by atoms with Gasteiger partial charge in [0.1, 0.15) is 5.75 Å². The largest absolute Gasteiger partial charge is 0.496 e. The highest BCUT2D eigenvalue weighted by Crippen LogP contribution is 2.24. The van der Waals surface area contributed by atoms with E-state index < -0.39 is 0 Å². The van der Waals surface area contributed by atoms with Crippen molar-refractivity contribution in [3.8, 4) is 5.75 Å². The molecule has 0 N–H and O–H groups in total. The summed E-state index contributed by atoms with van der Waals surface area (Å²) >= 11 is 5.68. The van der Waals surface area contributed by atoms with Crippen molar-refractivity contribution < 1.29 is 4.74 Å². The molecule has 20 heavy (non-hydrogen) atoms. The Kier molecular flexibility index (Phi) is 4.95. The third-order valence-corrected chi connectivity index (χ3v) is 3.48. The molecule has 2 aromatic rings. The number of halogens is 1. The summed E-state index contributed by atoms with van der Waals surface area (Å²) in [5.74, 6) is 1.53. The molecule has 0 saturated heterocycles. The van der Waals surface area contributed by atoms with Gasteiger partial charge in [0, 0.05) is 29.4 Å². The minimum atomic E-state index is 0.594. The Hall–Kier alpha value is -1.62. The quantitative estimate of drug-likeness (QED) is 0.768.